The molecule has 0 spiro atoms. The summed E-state index contributed by atoms with van der Waals surface area (Å²) in [4.78, 5) is 12.0. The number of hydrogen-bond acceptors (Lipinski definition) is 8. The van der Waals surface area contributed by atoms with E-state index in [1.165, 1.54) is 17.8 Å². The van der Waals surface area contributed by atoms with Crippen molar-refractivity contribution in [2.45, 2.75) is 36.7 Å². The Morgan fingerprint density at radius 3 is 2.90 bits per heavy atom. The minimum atomic E-state index is -3.04. The lowest BCUT2D eigenvalue weighted by Crippen LogP contribution is -2.11. The van der Waals surface area contributed by atoms with Gasteiger partial charge in [0.15, 0.2) is 15.0 Å². The van der Waals surface area contributed by atoms with Crippen molar-refractivity contribution < 1.29 is 17.9 Å². The van der Waals surface area contributed by atoms with Gasteiger partial charge in [-0.15, -0.1) is 16.8 Å². The molecule has 8 nitrogen and oxygen atoms in total. The summed E-state index contributed by atoms with van der Waals surface area (Å²) in [7, 11) is -3.04. The van der Waals surface area contributed by atoms with Crippen LogP contribution in [0.2, 0.25) is 0 Å². The van der Waals surface area contributed by atoms with Gasteiger partial charge in [0.2, 0.25) is 0 Å². The lowest BCUT2D eigenvalue weighted by Gasteiger charge is -2.12. The van der Waals surface area contributed by atoms with Crippen molar-refractivity contribution in [3.05, 3.63) is 58.2 Å². The summed E-state index contributed by atoms with van der Waals surface area (Å²) in [6.45, 7) is 5.94. The van der Waals surface area contributed by atoms with E-state index < -0.39 is 15.5 Å². The lowest BCUT2D eigenvalue weighted by atomic mass is 10.1. The van der Waals surface area contributed by atoms with E-state index >= 15 is 0 Å². The van der Waals surface area contributed by atoms with Gasteiger partial charge in [-0.25, -0.2) is 13.2 Å². The number of allylic oxidation sites excluding steroid dienone is 1. The van der Waals surface area contributed by atoms with E-state index in [4.69, 9.17) is 4.42 Å². The molecule has 4 rings (SSSR count). The molecule has 0 saturated carbocycles. The molecule has 1 atom stereocenters. The predicted octanol–water partition coefficient (Wildman–Crippen LogP) is 2.78. The maximum Gasteiger partial charge on any atom is 0.336 e. The molecule has 0 aliphatic carbocycles. The first kappa shape index (κ1) is 20.7. The van der Waals surface area contributed by atoms with E-state index in [-0.39, 0.29) is 23.2 Å². The number of aromatic hydroxyl groups is 1. The second kappa shape index (κ2) is 7.92. The van der Waals surface area contributed by atoms with Crippen LogP contribution in [0.3, 0.4) is 0 Å². The van der Waals surface area contributed by atoms with Crippen molar-refractivity contribution in [2.75, 3.05) is 11.5 Å². The summed E-state index contributed by atoms with van der Waals surface area (Å²) in [5.74, 6) is 1.23. The number of phenols is 1. The van der Waals surface area contributed by atoms with Crippen molar-refractivity contribution in [3.63, 3.8) is 0 Å². The number of aromatic nitrogens is 3. The van der Waals surface area contributed by atoms with Gasteiger partial charge >= 0.3 is 5.63 Å². The monoisotopic (exact) mass is 447 g/mol. The first-order chi connectivity index (χ1) is 14.3. The molecule has 2 aromatic heterocycles. The number of fused-ring (bicyclic) bond motifs is 1. The second-order valence-corrected chi connectivity index (χ2v) is 10.5. The second-order valence-electron chi connectivity index (χ2n) is 7.31. The van der Waals surface area contributed by atoms with Crippen LogP contribution in [-0.4, -0.2) is 39.8 Å². The molecule has 3 aromatic rings. The van der Waals surface area contributed by atoms with Gasteiger partial charge in [0.1, 0.15) is 17.2 Å². The number of aryl methyl sites for hydroxylation is 1. The molecular formula is C20H21N3O5S2. The largest absolute Gasteiger partial charge is 0.508 e. The molecule has 1 aliphatic rings. The number of hydrogen-bond donors (Lipinski definition) is 1. The minimum Gasteiger partial charge on any atom is -0.508 e. The third-order valence-corrected chi connectivity index (χ3v) is 8.01. The molecule has 1 fully saturated rings. The van der Waals surface area contributed by atoms with Crippen LogP contribution in [0.1, 0.15) is 29.3 Å². The van der Waals surface area contributed by atoms with Crippen LogP contribution in [0, 0.1) is 6.92 Å². The summed E-state index contributed by atoms with van der Waals surface area (Å²) in [5, 5.41) is 19.8. The van der Waals surface area contributed by atoms with E-state index in [1.807, 2.05) is 4.57 Å². The molecule has 1 N–H and O–H groups in total. The first-order valence-electron chi connectivity index (χ1n) is 9.41. The molecule has 0 radical (unpaired) electrons. The van der Waals surface area contributed by atoms with Crippen molar-refractivity contribution in [1.29, 1.82) is 0 Å². The van der Waals surface area contributed by atoms with E-state index in [1.54, 1.807) is 25.1 Å². The molecule has 10 heteroatoms. The standard InChI is InChI=1S/C20H21N3O5S2/c1-3-7-23-19(13-6-8-30(26,27)11-13)21-22-20(23)29-10-14-9-17(25)28-18-12(2)16(24)5-4-15(14)18/h3-5,9,13,24H,1,6-8,10-11H2,2H3. The maximum atomic E-state index is 12.0. The van der Waals surface area contributed by atoms with E-state index in [0.29, 0.717) is 40.8 Å². The van der Waals surface area contributed by atoms with Gasteiger partial charge in [-0.1, -0.05) is 17.8 Å². The van der Waals surface area contributed by atoms with Crippen LogP contribution in [0.15, 0.2) is 45.2 Å². The predicted molar refractivity (Wildman–Crippen MR) is 115 cm³/mol. The summed E-state index contributed by atoms with van der Waals surface area (Å²) in [6, 6.07) is 4.73. The molecule has 1 unspecified atom stereocenters. The number of phenolic OH excluding ortho intramolecular Hbond substituents is 1. The van der Waals surface area contributed by atoms with Crippen molar-refractivity contribution in [3.8, 4) is 5.75 Å². The maximum absolute atomic E-state index is 12.0. The smallest absolute Gasteiger partial charge is 0.336 e. The fourth-order valence-corrected chi connectivity index (χ4v) is 6.37. The topological polar surface area (TPSA) is 115 Å². The van der Waals surface area contributed by atoms with Gasteiger partial charge in [0.25, 0.3) is 0 Å². The van der Waals surface area contributed by atoms with Crippen molar-refractivity contribution >= 4 is 32.6 Å². The van der Waals surface area contributed by atoms with Crippen LogP contribution >= 0.6 is 11.8 Å². The zero-order valence-electron chi connectivity index (χ0n) is 16.4. The molecule has 30 heavy (non-hydrogen) atoms. The van der Waals surface area contributed by atoms with E-state index in [0.717, 1.165) is 10.9 Å². The molecule has 0 bridgehead atoms. The Morgan fingerprint density at radius 1 is 1.40 bits per heavy atom. The average Bonchev–Trinajstić information content (AvgIpc) is 3.26. The highest BCUT2D eigenvalue weighted by Gasteiger charge is 2.33. The SMILES string of the molecule is C=CCn1c(SCc2cc(=O)oc3c(C)c(O)ccc23)nnc1C1CCS(=O)(=O)C1. The third-order valence-electron chi connectivity index (χ3n) is 5.23. The molecular weight excluding hydrogens is 426 g/mol. The molecule has 1 aromatic carbocycles. The molecule has 1 saturated heterocycles. The van der Waals surface area contributed by atoms with Gasteiger partial charge in [-0.3, -0.25) is 0 Å². The van der Waals surface area contributed by atoms with Gasteiger partial charge in [-0.2, -0.15) is 0 Å². The Balaban J connectivity index is 1.65. The zero-order valence-corrected chi connectivity index (χ0v) is 18.0. The first-order valence-corrected chi connectivity index (χ1v) is 12.2. The van der Waals surface area contributed by atoms with Crippen LogP contribution < -0.4 is 5.63 Å². The van der Waals surface area contributed by atoms with Crippen molar-refractivity contribution in [2.24, 2.45) is 0 Å². The van der Waals surface area contributed by atoms with Crippen LogP contribution in [-0.2, 0) is 22.1 Å². The van der Waals surface area contributed by atoms with Gasteiger partial charge in [0, 0.05) is 35.2 Å². The highest BCUT2D eigenvalue weighted by Crippen LogP contribution is 2.33. The number of nitrogens with zero attached hydrogens (tertiary/aromatic N) is 3. The molecule has 0 amide bonds. The zero-order chi connectivity index (χ0) is 21.5. The molecule has 3 heterocycles. The van der Waals surface area contributed by atoms with Crippen LogP contribution in [0.4, 0.5) is 0 Å². The van der Waals surface area contributed by atoms with Gasteiger partial charge in [-0.05, 0) is 31.0 Å². The summed E-state index contributed by atoms with van der Waals surface area (Å²) < 4.78 is 30.9. The summed E-state index contributed by atoms with van der Waals surface area (Å²) in [5.41, 5.74) is 1.14. The fourth-order valence-electron chi connectivity index (χ4n) is 3.69. The Morgan fingerprint density at radius 2 is 2.20 bits per heavy atom. The van der Waals surface area contributed by atoms with Gasteiger partial charge < -0.3 is 14.1 Å². The molecule has 1 aliphatic heterocycles. The van der Waals surface area contributed by atoms with Crippen molar-refractivity contribution in [1.82, 2.24) is 14.8 Å². The van der Waals surface area contributed by atoms with Crippen LogP contribution in [0.25, 0.3) is 11.0 Å². The Hall–Kier alpha value is -2.59. The number of thioether (sulfide) groups is 1. The normalized spacial score (nSPS) is 18.1. The number of benzene rings is 1. The lowest BCUT2D eigenvalue weighted by molar-refractivity contribution is 0.468. The van der Waals surface area contributed by atoms with E-state index in [2.05, 4.69) is 16.8 Å². The number of rotatable bonds is 6. The quantitative estimate of drug-likeness (QED) is 0.348. The Bertz CT molecular complexity index is 1290. The van der Waals surface area contributed by atoms with Crippen LogP contribution in [0.5, 0.6) is 5.75 Å². The third kappa shape index (κ3) is 3.89. The Kier molecular flexibility index (Phi) is 5.46. The van der Waals surface area contributed by atoms with Gasteiger partial charge in [0.05, 0.1) is 11.5 Å². The minimum absolute atomic E-state index is 0.0670. The fraction of sp³-hybridized carbons (Fsp3) is 0.350. The highest BCUT2D eigenvalue weighted by atomic mass is 32.2. The average molecular weight is 448 g/mol. The Labute approximate surface area is 177 Å². The molecule has 158 valence electrons. The summed E-state index contributed by atoms with van der Waals surface area (Å²) >= 11 is 1.40. The van der Waals surface area contributed by atoms with E-state index in [9.17, 15) is 18.3 Å². The highest BCUT2D eigenvalue weighted by molar-refractivity contribution is 7.98. The number of sulfone groups is 1. The summed E-state index contributed by atoms with van der Waals surface area (Å²) in [6.07, 6.45) is 2.26.